The molecule has 132 valence electrons. The zero-order chi connectivity index (χ0) is 17.5. The molecule has 0 saturated heterocycles. The van der Waals surface area contributed by atoms with Gasteiger partial charge in [0.1, 0.15) is 5.69 Å². The van der Waals surface area contributed by atoms with Gasteiger partial charge >= 0.3 is 0 Å². The molecule has 0 radical (unpaired) electrons. The summed E-state index contributed by atoms with van der Waals surface area (Å²) in [5.74, 6) is 0.922. The maximum atomic E-state index is 11.7. The third kappa shape index (κ3) is 10.3. The van der Waals surface area contributed by atoms with Crippen LogP contribution in [0.4, 0.5) is 0 Å². The Morgan fingerprint density at radius 2 is 2.00 bits per heavy atom. The summed E-state index contributed by atoms with van der Waals surface area (Å²) < 4.78 is 7.58. The van der Waals surface area contributed by atoms with Crippen LogP contribution in [-0.2, 0) is 22.7 Å². The zero-order valence-electron chi connectivity index (χ0n) is 15.2. The van der Waals surface area contributed by atoms with Gasteiger partial charge in [0.15, 0.2) is 0 Å². The molecule has 1 amide bonds. The molecule has 0 aliphatic carbocycles. The molecule has 1 aromatic heterocycles. The van der Waals surface area contributed by atoms with E-state index in [2.05, 4.69) is 36.4 Å². The fourth-order valence-electron chi connectivity index (χ4n) is 1.65. The van der Waals surface area contributed by atoms with Crippen molar-refractivity contribution >= 4 is 17.7 Å². The molecule has 1 N–H and O–H groups in total. The van der Waals surface area contributed by atoms with Crippen LogP contribution in [0.3, 0.4) is 0 Å². The van der Waals surface area contributed by atoms with Crippen LogP contribution in [-0.4, -0.2) is 43.5 Å². The van der Waals surface area contributed by atoms with E-state index in [0.717, 1.165) is 11.4 Å². The molecular weight excluding hydrogens is 312 g/mol. The highest BCUT2D eigenvalue weighted by Crippen LogP contribution is 2.23. The van der Waals surface area contributed by atoms with Crippen LogP contribution in [0.15, 0.2) is 6.20 Å². The highest BCUT2D eigenvalue weighted by molar-refractivity contribution is 8.00. The summed E-state index contributed by atoms with van der Waals surface area (Å²) in [6.07, 6.45) is 2.40. The summed E-state index contributed by atoms with van der Waals surface area (Å²) in [7, 11) is 0. The van der Waals surface area contributed by atoms with Gasteiger partial charge in [0.05, 0.1) is 24.9 Å². The van der Waals surface area contributed by atoms with Gasteiger partial charge in [-0.25, -0.2) is 0 Å². The lowest BCUT2D eigenvalue weighted by molar-refractivity contribution is -0.120. The fourth-order valence-corrected chi connectivity index (χ4v) is 2.55. The Bertz CT molecular complexity index is 489. The van der Waals surface area contributed by atoms with Gasteiger partial charge in [0.2, 0.25) is 5.91 Å². The number of aromatic nitrogens is 3. The Morgan fingerprint density at radius 1 is 1.30 bits per heavy atom. The van der Waals surface area contributed by atoms with Gasteiger partial charge in [-0.05, 0) is 20.8 Å². The number of rotatable bonds is 8. The van der Waals surface area contributed by atoms with Crippen LogP contribution < -0.4 is 5.32 Å². The summed E-state index contributed by atoms with van der Waals surface area (Å²) in [5.41, 5.74) is 0.607. The van der Waals surface area contributed by atoms with Crippen molar-refractivity contribution in [2.24, 2.45) is 0 Å². The van der Waals surface area contributed by atoms with Gasteiger partial charge in [0.25, 0.3) is 0 Å². The van der Waals surface area contributed by atoms with E-state index in [1.807, 2.05) is 27.0 Å². The van der Waals surface area contributed by atoms with E-state index >= 15 is 0 Å². The number of hydrogen-bond donors (Lipinski definition) is 1. The largest absolute Gasteiger partial charge is 0.369 e. The van der Waals surface area contributed by atoms with Crippen molar-refractivity contribution in [2.75, 3.05) is 12.3 Å². The number of ether oxygens (including phenoxy) is 1. The second-order valence-electron chi connectivity index (χ2n) is 7.43. The Kier molecular flexibility index (Phi) is 7.54. The first-order valence-corrected chi connectivity index (χ1v) is 8.97. The summed E-state index contributed by atoms with van der Waals surface area (Å²) in [4.78, 5) is 11.7. The number of nitrogens with one attached hydrogen (secondary N) is 1. The topological polar surface area (TPSA) is 69.0 Å². The van der Waals surface area contributed by atoms with E-state index < -0.39 is 0 Å². The molecule has 0 atom stereocenters. The lowest BCUT2D eigenvalue weighted by Crippen LogP contribution is -2.28. The maximum Gasteiger partial charge on any atom is 0.220 e. The standard InChI is InChI=1S/C16H30N4O2S/c1-15(2,3)22-12-13-11-20(19-18-13)9-8-17-14(21)7-10-23-16(4,5)6/h11H,7-10,12H2,1-6H3,(H,17,21). The molecular formula is C16H30N4O2S. The van der Waals surface area contributed by atoms with E-state index in [9.17, 15) is 4.79 Å². The Morgan fingerprint density at radius 3 is 2.61 bits per heavy atom. The number of carbonyl (C=O) groups is 1. The maximum absolute atomic E-state index is 11.7. The molecule has 0 aliphatic rings. The van der Waals surface area contributed by atoms with Gasteiger partial charge in [-0.15, -0.1) is 5.10 Å². The number of hydrogen-bond acceptors (Lipinski definition) is 5. The second-order valence-corrected chi connectivity index (χ2v) is 9.36. The van der Waals surface area contributed by atoms with Crippen molar-refractivity contribution in [1.82, 2.24) is 20.3 Å². The minimum atomic E-state index is -0.192. The van der Waals surface area contributed by atoms with Gasteiger partial charge < -0.3 is 10.1 Å². The smallest absolute Gasteiger partial charge is 0.220 e. The first-order chi connectivity index (χ1) is 10.6. The number of amides is 1. The van der Waals surface area contributed by atoms with E-state index in [0.29, 0.717) is 26.1 Å². The zero-order valence-corrected chi connectivity index (χ0v) is 16.0. The first-order valence-electron chi connectivity index (χ1n) is 7.99. The SMILES string of the molecule is CC(C)(C)OCc1cn(CCNC(=O)CCSC(C)(C)C)nn1. The fraction of sp³-hybridized carbons (Fsp3) is 0.812. The van der Waals surface area contributed by atoms with Crippen molar-refractivity contribution < 1.29 is 9.53 Å². The first kappa shape index (κ1) is 20.0. The molecule has 0 aliphatic heterocycles. The van der Waals surface area contributed by atoms with Crippen LogP contribution in [0.25, 0.3) is 0 Å². The summed E-state index contributed by atoms with van der Waals surface area (Å²) in [6.45, 7) is 14.1. The van der Waals surface area contributed by atoms with Crippen molar-refractivity contribution in [3.63, 3.8) is 0 Å². The average Bonchev–Trinajstić information content (AvgIpc) is 2.82. The van der Waals surface area contributed by atoms with E-state index in [1.54, 1.807) is 16.4 Å². The van der Waals surface area contributed by atoms with Gasteiger partial charge in [-0.3, -0.25) is 9.48 Å². The highest BCUT2D eigenvalue weighted by Gasteiger charge is 2.12. The van der Waals surface area contributed by atoms with Crippen molar-refractivity contribution in [3.8, 4) is 0 Å². The van der Waals surface area contributed by atoms with Crippen molar-refractivity contribution in [1.29, 1.82) is 0 Å². The third-order valence-corrected chi connectivity index (χ3v) is 4.04. The van der Waals surface area contributed by atoms with Crippen molar-refractivity contribution in [3.05, 3.63) is 11.9 Å². The van der Waals surface area contributed by atoms with Gasteiger partial charge in [-0.1, -0.05) is 26.0 Å². The predicted molar refractivity (Wildman–Crippen MR) is 94.4 cm³/mol. The molecule has 0 fully saturated rings. The second kappa shape index (κ2) is 8.68. The number of thioether (sulfide) groups is 1. The van der Waals surface area contributed by atoms with Gasteiger partial charge in [-0.2, -0.15) is 11.8 Å². The molecule has 7 heteroatoms. The van der Waals surface area contributed by atoms with E-state index in [-0.39, 0.29) is 16.3 Å². The molecule has 1 rings (SSSR count). The van der Waals surface area contributed by atoms with Crippen LogP contribution in [0, 0.1) is 0 Å². The molecule has 23 heavy (non-hydrogen) atoms. The molecule has 0 aromatic carbocycles. The third-order valence-electron chi connectivity index (χ3n) is 2.77. The quantitative estimate of drug-likeness (QED) is 0.786. The molecule has 6 nitrogen and oxygen atoms in total. The van der Waals surface area contributed by atoms with E-state index in [1.165, 1.54) is 0 Å². The van der Waals surface area contributed by atoms with E-state index in [4.69, 9.17) is 4.74 Å². The average molecular weight is 343 g/mol. The van der Waals surface area contributed by atoms with Crippen molar-refractivity contribution in [2.45, 2.75) is 71.5 Å². The highest BCUT2D eigenvalue weighted by atomic mass is 32.2. The van der Waals surface area contributed by atoms with Crippen LogP contribution >= 0.6 is 11.8 Å². The molecule has 0 bridgehead atoms. The molecule has 0 unspecified atom stereocenters. The summed E-state index contributed by atoms with van der Waals surface area (Å²) in [5, 5.41) is 11.0. The Balaban J connectivity index is 2.21. The predicted octanol–water partition coefficient (Wildman–Crippen LogP) is 2.63. The van der Waals surface area contributed by atoms with Gasteiger partial charge in [0, 0.05) is 23.5 Å². The lowest BCUT2D eigenvalue weighted by atomic mass is 10.2. The number of carbonyl (C=O) groups excluding carboxylic acids is 1. The number of nitrogens with zero attached hydrogens (tertiary/aromatic N) is 3. The summed E-state index contributed by atoms with van der Waals surface area (Å²) >= 11 is 1.80. The van der Waals surface area contributed by atoms with Crippen LogP contribution in [0.5, 0.6) is 0 Å². The Hall–Kier alpha value is -1.08. The molecule has 0 saturated carbocycles. The Labute approximate surface area is 143 Å². The van der Waals surface area contributed by atoms with Crippen LogP contribution in [0.2, 0.25) is 0 Å². The monoisotopic (exact) mass is 342 g/mol. The normalized spacial score (nSPS) is 12.4. The molecule has 0 spiro atoms. The molecule has 1 aromatic rings. The lowest BCUT2D eigenvalue weighted by Gasteiger charge is -2.18. The molecule has 1 heterocycles. The summed E-state index contributed by atoms with van der Waals surface area (Å²) in [6, 6.07) is 0. The minimum Gasteiger partial charge on any atom is -0.369 e. The minimum absolute atomic E-state index is 0.0816. The van der Waals surface area contributed by atoms with Crippen LogP contribution in [0.1, 0.15) is 53.7 Å².